The fourth-order valence-electron chi connectivity index (χ4n) is 5.82. The molecule has 0 aromatic heterocycles. The van der Waals surface area contributed by atoms with Crippen molar-refractivity contribution in [3.8, 4) is 5.75 Å². The third-order valence-electron chi connectivity index (χ3n) is 7.35. The van der Waals surface area contributed by atoms with Gasteiger partial charge in [-0.2, -0.15) is 0 Å². The minimum absolute atomic E-state index is 0.0265. The van der Waals surface area contributed by atoms with Crippen molar-refractivity contribution < 1.29 is 14.3 Å². The van der Waals surface area contributed by atoms with Gasteiger partial charge < -0.3 is 19.9 Å². The van der Waals surface area contributed by atoms with Crippen LogP contribution in [0.4, 0.5) is 4.79 Å². The van der Waals surface area contributed by atoms with E-state index in [2.05, 4.69) is 23.5 Å². The van der Waals surface area contributed by atoms with Crippen molar-refractivity contribution in [2.75, 3.05) is 26.7 Å². The molecule has 2 aromatic rings. The summed E-state index contributed by atoms with van der Waals surface area (Å²) in [5.74, 6) is 0.943. The number of amides is 3. The van der Waals surface area contributed by atoms with Crippen LogP contribution in [0.3, 0.4) is 0 Å². The number of ether oxygens (including phenoxy) is 1. The summed E-state index contributed by atoms with van der Waals surface area (Å²) in [6, 6.07) is 16.2. The topological polar surface area (TPSA) is 61.9 Å². The van der Waals surface area contributed by atoms with Gasteiger partial charge in [0, 0.05) is 31.2 Å². The van der Waals surface area contributed by atoms with E-state index in [9.17, 15) is 9.59 Å². The third-order valence-corrected chi connectivity index (χ3v) is 7.35. The summed E-state index contributed by atoms with van der Waals surface area (Å²) in [6.45, 7) is 2.05. The minimum Gasteiger partial charge on any atom is -0.496 e. The van der Waals surface area contributed by atoms with Crippen LogP contribution < -0.4 is 10.1 Å². The van der Waals surface area contributed by atoms with Crippen molar-refractivity contribution in [1.29, 1.82) is 0 Å². The molecule has 3 aliphatic heterocycles. The van der Waals surface area contributed by atoms with Gasteiger partial charge in [-0.15, -0.1) is 0 Å². The molecule has 2 saturated heterocycles. The number of urea groups is 1. The van der Waals surface area contributed by atoms with Gasteiger partial charge in [-0.05, 0) is 49.3 Å². The number of nitrogens with zero attached hydrogens (tertiary/aromatic N) is 2. The Morgan fingerprint density at radius 3 is 2.78 bits per heavy atom. The van der Waals surface area contributed by atoms with Crippen molar-refractivity contribution in [3.05, 3.63) is 65.2 Å². The van der Waals surface area contributed by atoms with Gasteiger partial charge in [-0.1, -0.05) is 42.5 Å². The molecule has 3 atom stereocenters. The largest absolute Gasteiger partial charge is 0.496 e. The maximum absolute atomic E-state index is 13.5. The predicted octanol–water partition coefficient (Wildman–Crippen LogP) is 3.56. The van der Waals surface area contributed by atoms with Crippen LogP contribution in [0.25, 0.3) is 0 Å². The Hall–Kier alpha value is -3.02. The molecule has 0 unspecified atom stereocenters. The molecule has 0 radical (unpaired) electrons. The van der Waals surface area contributed by atoms with Gasteiger partial charge in [0.05, 0.1) is 19.1 Å². The zero-order valence-corrected chi connectivity index (χ0v) is 18.6. The van der Waals surface area contributed by atoms with Crippen molar-refractivity contribution in [1.82, 2.24) is 15.1 Å². The lowest BCUT2D eigenvalue weighted by Crippen LogP contribution is -2.61. The van der Waals surface area contributed by atoms with E-state index in [4.69, 9.17) is 4.74 Å². The number of rotatable bonds is 4. The highest BCUT2D eigenvalue weighted by molar-refractivity contribution is 5.84. The van der Waals surface area contributed by atoms with Crippen LogP contribution in [-0.4, -0.2) is 54.5 Å². The number of methoxy groups -OCH3 is 1. The molecule has 3 heterocycles. The molecule has 2 aromatic carbocycles. The number of fused-ring (bicyclic) bond motifs is 4. The number of likely N-dealkylation sites (tertiary alicyclic amines) is 1. The van der Waals surface area contributed by atoms with Crippen molar-refractivity contribution in [2.45, 2.75) is 44.2 Å². The van der Waals surface area contributed by atoms with Crippen molar-refractivity contribution in [3.63, 3.8) is 0 Å². The van der Waals surface area contributed by atoms with Crippen LogP contribution in [0.15, 0.2) is 48.5 Å². The second-order valence-electron chi connectivity index (χ2n) is 9.04. The first-order valence-electron chi connectivity index (χ1n) is 11.7. The van der Waals surface area contributed by atoms with E-state index in [-0.39, 0.29) is 29.9 Å². The standard InChI is InChI=1S/C26H31N3O3/c1-32-23-11-5-9-19-13-16-28-22(24(19)23)17-21-20(25(28)30)10-6-15-29(21)26(31)27-14-12-18-7-3-2-4-8-18/h2-5,7-9,11,20-22H,6,10,12-17H2,1H3,(H,27,31)/t20-,21-,22-/m0/s1. The molecule has 5 rings (SSSR count). The van der Waals surface area contributed by atoms with Crippen LogP contribution in [0.1, 0.15) is 42.0 Å². The van der Waals surface area contributed by atoms with Crippen molar-refractivity contribution >= 4 is 11.9 Å². The molecule has 0 bridgehead atoms. The molecule has 2 fully saturated rings. The fourth-order valence-corrected chi connectivity index (χ4v) is 5.82. The van der Waals surface area contributed by atoms with Crippen LogP contribution in [0.5, 0.6) is 5.75 Å². The SMILES string of the molecule is COc1cccc2c1[C@@H]1C[C@H]3[C@H](CCCN3C(=O)NCCc3ccccc3)C(=O)N1CC2. The smallest absolute Gasteiger partial charge is 0.317 e. The van der Waals surface area contributed by atoms with Crippen molar-refractivity contribution in [2.24, 2.45) is 5.92 Å². The number of carbonyl (C=O) groups excluding carboxylic acids is 2. The Bertz CT molecular complexity index is 979. The molecule has 3 amide bonds. The Morgan fingerprint density at radius 2 is 1.97 bits per heavy atom. The Labute approximate surface area is 189 Å². The zero-order valence-electron chi connectivity index (χ0n) is 18.6. The Kier molecular flexibility index (Phi) is 5.77. The lowest BCUT2D eigenvalue weighted by molar-refractivity contribution is -0.148. The molecule has 1 N–H and O–H groups in total. The van der Waals surface area contributed by atoms with E-state index in [0.717, 1.165) is 50.0 Å². The van der Waals surface area contributed by atoms with E-state index in [0.29, 0.717) is 13.1 Å². The van der Waals surface area contributed by atoms with E-state index in [1.807, 2.05) is 40.1 Å². The van der Waals surface area contributed by atoms with E-state index >= 15 is 0 Å². The molecule has 6 heteroatoms. The zero-order chi connectivity index (χ0) is 22.1. The summed E-state index contributed by atoms with van der Waals surface area (Å²) < 4.78 is 5.67. The first-order chi connectivity index (χ1) is 15.7. The first kappa shape index (κ1) is 20.9. The lowest BCUT2D eigenvalue weighted by Gasteiger charge is -2.51. The number of piperidine rings is 2. The number of hydrogen-bond acceptors (Lipinski definition) is 3. The molecule has 0 aliphatic carbocycles. The molecule has 6 nitrogen and oxygen atoms in total. The highest BCUT2D eigenvalue weighted by atomic mass is 16.5. The Balaban J connectivity index is 1.34. The fraction of sp³-hybridized carbons (Fsp3) is 0.462. The maximum atomic E-state index is 13.5. The molecular weight excluding hydrogens is 402 g/mol. The van der Waals surface area contributed by atoms with Gasteiger partial charge in [-0.25, -0.2) is 4.79 Å². The minimum atomic E-state index is -0.101. The number of hydrogen-bond donors (Lipinski definition) is 1. The lowest BCUT2D eigenvalue weighted by atomic mass is 9.76. The number of nitrogens with one attached hydrogen (secondary N) is 1. The summed E-state index contributed by atoms with van der Waals surface area (Å²) in [7, 11) is 1.69. The maximum Gasteiger partial charge on any atom is 0.317 e. The molecule has 168 valence electrons. The van der Waals surface area contributed by atoms with Gasteiger partial charge in [0.25, 0.3) is 0 Å². The van der Waals surface area contributed by atoms with E-state index in [1.54, 1.807) is 7.11 Å². The van der Waals surface area contributed by atoms with Gasteiger partial charge in [0.1, 0.15) is 5.75 Å². The summed E-state index contributed by atoms with van der Waals surface area (Å²) in [6.07, 6.45) is 4.16. The first-order valence-corrected chi connectivity index (χ1v) is 11.7. The summed E-state index contributed by atoms with van der Waals surface area (Å²) >= 11 is 0. The highest BCUT2D eigenvalue weighted by Crippen LogP contribution is 2.46. The van der Waals surface area contributed by atoms with E-state index in [1.165, 1.54) is 11.1 Å². The summed E-state index contributed by atoms with van der Waals surface area (Å²) in [5, 5.41) is 3.10. The van der Waals surface area contributed by atoms with Gasteiger partial charge in [-0.3, -0.25) is 4.79 Å². The number of carbonyl (C=O) groups is 2. The summed E-state index contributed by atoms with van der Waals surface area (Å²) in [4.78, 5) is 30.6. The summed E-state index contributed by atoms with van der Waals surface area (Å²) in [5.41, 5.74) is 3.59. The van der Waals surface area contributed by atoms with Gasteiger partial charge in [0.2, 0.25) is 5.91 Å². The van der Waals surface area contributed by atoms with E-state index < -0.39 is 0 Å². The average Bonchev–Trinajstić information content (AvgIpc) is 2.84. The average molecular weight is 434 g/mol. The quantitative estimate of drug-likeness (QED) is 0.802. The highest BCUT2D eigenvalue weighted by Gasteiger charge is 2.49. The second-order valence-corrected chi connectivity index (χ2v) is 9.04. The predicted molar refractivity (Wildman–Crippen MR) is 123 cm³/mol. The van der Waals surface area contributed by atoms with Crippen LogP contribution in [-0.2, 0) is 17.6 Å². The van der Waals surface area contributed by atoms with Gasteiger partial charge >= 0.3 is 6.03 Å². The molecule has 32 heavy (non-hydrogen) atoms. The second kappa shape index (κ2) is 8.85. The molecule has 0 spiro atoms. The molecule has 0 saturated carbocycles. The van der Waals surface area contributed by atoms with Gasteiger partial charge in [0.15, 0.2) is 0 Å². The van der Waals surface area contributed by atoms with Crippen LogP contribution in [0, 0.1) is 5.92 Å². The molecule has 3 aliphatic rings. The number of benzene rings is 2. The third kappa shape index (κ3) is 3.72. The van der Waals surface area contributed by atoms with Crippen LogP contribution in [0.2, 0.25) is 0 Å². The normalized spacial score (nSPS) is 24.3. The Morgan fingerprint density at radius 1 is 1.12 bits per heavy atom. The molecular formula is C26H31N3O3. The van der Waals surface area contributed by atoms with Crippen LogP contribution >= 0.6 is 0 Å². The monoisotopic (exact) mass is 433 g/mol.